The minimum absolute atomic E-state index is 0.0132. The molecular weight excluding hydrogens is 392 g/mol. The Kier molecular flexibility index (Phi) is 6.09. The number of nitrogens with zero attached hydrogens (tertiary/aromatic N) is 2. The Morgan fingerprint density at radius 3 is 2.41 bits per heavy atom. The van der Waals surface area contributed by atoms with Crippen molar-refractivity contribution in [2.45, 2.75) is 32.2 Å². The van der Waals surface area contributed by atoms with Crippen LogP contribution in [0.15, 0.2) is 54.7 Å². The first kappa shape index (κ1) is 20.7. The quantitative estimate of drug-likeness (QED) is 0.430. The molecule has 1 heterocycles. The van der Waals surface area contributed by atoms with E-state index in [9.17, 15) is 18.5 Å². The number of benzene rings is 2. The van der Waals surface area contributed by atoms with Gasteiger partial charge < -0.3 is 5.32 Å². The Morgan fingerprint density at radius 1 is 1.07 bits per heavy atom. The summed E-state index contributed by atoms with van der Waals surface area (Å²) in [7, 11) is -3.37. The number of hydrogen-bond donors (Lipinski definition) is 2. The second-order valence-corrected chi connectivity index (χ2v) is 8.74. The Morgan fingerprint density at radius 2 is 1.76 bits per heavy atom. The van der Waals surface area contributed by atoms with E-state index < -0.39 is 14.9 Å². The summed E-state index contributed by atoms with van der Waals surface area (Å²) >= 11 is 0. The van der Waals surface area contributed by atoms with Gasteiger partial charge in [-0.15, -0.1) is 0 Å². The summed E-state index contributed by atoms with van der Waals surface area (Å²) in [4.78, 5) is 15.1. The number of anilines is 1. The molecule has 0 aliphatic carbocycles. The summed E-state index contributed by atoms with van der Waals surface area (Å²) in [5.41, 5.74) is 2.89. The molecule has 0 aliphatic rings. The maximum atomic E-state index is 12.0. The molecule has 2 aromatic carbocycles. The largest absolute Gasteiger partial charge is 0.379 e. The van der Waals surface area contributed by atoms with Crippen molar-refractivity contribution in [3.63, 3.8) is 0 Å². The van der Waals surface area contributed by atoms with Gasteiger partial charge in [-0.05, 0) is 43.2 Å². The molecule has 8 nitrogen and oxygen atoms in total. The molecule has 0 bridgehead atoms. The van der Waals surface area contributed by atoms with E-state index in [1.165, 1.54) is 6.07 Å². The molecule has 0 radical (unpaired) electrons. The van der Waals surface area contributed by atoms with Crippen LogP contribution in [0.2, 0.25) is 0 Å². The van der Waals surface area contributed by atoms with Crippen LogP contribution >= 0.6 is 0 Å². The van der Waals surface area contributed by atoms with E-state index in [0.717, 1.165) is 5.56 Å². The zero-order chi connectivity index (χ0) is 21.0. The summed E-state index contributed by atoms with van der Waals surface area (Å²) in [5, 5.41) is 14.9. The number of aromatic nitrogens is 1. The van der Waals surface area contributed by atoms with Crippen molar-refractivity contribution in [3.8, 4) is 0 Å². The molecule has 0 aliphatic heterocycles. The molecule has 152 valence electrons. The van der Waals surface area contributed by atoms with E-state index >= 15 is 0 Å². The third-order valence-corrected chi connectivity index (χ3v) is 5.77. The summed E-state index contributed by atoms with van der Waals surface area (Å²) in [6, 6.07) is 13.6. The van der Waals surface area contributed by atoms with Crippen LogP contribution in [-0.2, 0) is 22.3 Å². The van der Waals surface area contributed by atoms with E-state index in [1.54, 1.807) is 50.4 Å². The standard InChI is InChI=1S/C20H22N4O4S/c1-14(2)23-29(27,28)13-16-7-5-15(6-8-16)12-22-18-9-10-19(24(25)26)17-4-3-11-21-20(17)18/h3-11,14,22-23H,12-13H2,1-2H3. The lowest BCUT2D eigenvalue weighted by Crippen LogP contribution is -2.31. The van der Waals surface area contributed by atoms with Gasteiger partial charge in [0.2, 0.25) is 10.0 Å². The van der Waals surface area contributed by atoms with Crippen LogP contribution in [0.25, 0.3) is 10.9 Å². The van der Waals surface area contributed by atoms with Gasteiger partial charge in [0.25, 0.3) is 5.69 Å². The maximum absolute atomic E-state index is 12.0. The number of fused-ring (bicyclic) bond motifs is 1. The Hall–Kier alpha value is -3.04. The zero-order valence-corrected chi connectivity index (χ0v) is 16.9. The summed E-state index contributed by atoms with van der Waals surface area (Å²) in [5.74, 6) is -0.0736. The highest BCUT2D eigenvalue weighted by Gasteiger charge is 2.15. The monoisotopic (exact) mass is 414 g/mol. The van der Waals surface area contributed by atoms with Gasteiger partial charge in [0, 0.05) is 24.8 Å². The molecule has 0 unspecified atom stereocenters. The van der Waals surface area contributed by atoms with Gasteiger partial charge in [-0.25, -0.2) is 13.1 Å². The molecule has 3 rings (SSSR count). The normalized spacial score (nSPS) is 11.7. The minimum Gasteiger partial charge on any atom is -0.379 e. The van der Waals surface area contributed by atoms with E-state index in [2.05, 4.69) is 15.0 Å². The van der Waals surface area contributed by atoms with Gasteiger partial charge in [-0.2, -0.15) is 0 Å². The number of non-ortho nitro benzene ring substituents is 1. The predicted octanol–water partition coefficient (Wildman–Crippen LogP) is 3.58. The van der Waals surface area contributed by atoms with Crippen molar-refractivity contribution in [2.75, 3.05) is 5.32 Å². The molecule has 0 fully saturated rings. The first-order valence-electron chi connectivity index (χ1n) is 9.09. The molecular formula is C20H22N4O4S. The average Bonchev–Trinajstić information content (AvgIpc) is 2.65. The fourth-order valence-electron chi connectivity index (χ4n) is 3.03. The number of hydrogen-bond acceptors (Lipinski definition) is 6. The summed E-state index contributed by atoms with van der Waals surface area (Å²) in [6.45, 7) is 4.03. The lowest BCUT2D eigenvalue weighted by Gasteiger charge is -2.11. The molecule has 9 heteroatoms. The van der Waals surface area contributed by atoms with Crippen LogP contribution in [0.3, 0.4) is 0 Å². The van der Waals surface area contributed by atoms with Crippen LogP contribution < -0.4 is 10.0 Å². The van der Waals surface area contributed by atoms with Gasteiger partial charge in [0.05, 0.1) is 21.7 Å². The fraction of sp³-hybridized carbons (Fsp3) is 0.250. The number of nitrogens with one attached hydrogen (secondary N) is 2. The van der Waals surface area contributed by atoms with Gasteiger partial charge in [-0.3, -0.25) is 15.1 Å². The molecule has 2 N–H and O–H groups in total. The van der Waals surface area contributed by atoms with Crippen LogP contribution in [0.1, 0.15) is 25.0 Å². The Balaban J connectivity index is 1.73. The molecule has 0 spiro atoms. The smallest absolute Gasteiger partial charge is 0.278 e. The van der Waals surface area contributed by atoms with E-state index in [1.807, 2.05) is 12.1 Å². The molecule has 29 heavy (non-hydrogen) atoms. The van der Waals surface area contributed by atoms with Gasteiger partial charge >= 0.3 is 0 Å². The lowest BCUT2D eigenvalue weighted by atomic mass is 10.1. The van der Waals surface area contributed by atoms with Crippen LogP contribution in [0.5, 0.6) is 0 Å². The highest BCUT2D eigenvalue weighted by Crippen LogP contribution is 2.30. The molecule has 1 aromatic heterocycles. The van der Waals surface area contributed by atoms with Crippen molar-refractivity contribution in [2.24, 2.45) is 0 Å². The van der Waals surface area contributed by atoms with Crippen LogP contribution in [0, 0.1) is 10.1 Å². The second kappa shape index (κ2) is 8.54. The molecule has 0 atom stereocenters. The first-order chi connectivity index (χ1) is 13.7. The highest BCUT2D eigenvalue weighted by atomic mass is 32.2. The average molecular weight is 414 g/mol. The predicted molar refractivity (Wildman–Crippen MR) is 113 cm³/mol. The van der Waals surface area contributed by atoms with Gasteiger partial charge in [0.1, 0.15) is 5.52 Å². The third kappa shape index (κ3) is 5.27. The number of pyridine rings is 1. The first-order valence-corrected chi connectivity index (χ1v) is 10.7. The summed E-state index contributed by atoms with van der Waals surface area (Å²) < 4.78 is 26.6. The third-order valence-electron chi connectivity index (χ3n) is 4.22. The number of rotatable bonds is 8. The second-order valence-electron chi connectivity index (χ2n) is 6.99. The SMILES string of the molecule is CC(C)NS(=O)(=O)Cc1ccc(CNc2ccc([N+](=O)[O-])c3cccnc23)cc1. The fourth-order valence-corrected chi connectivity index (χ4v) is 4.46. The van der Waals surface area contributed by atoms with Gasteiger partial charge in [-0.1, -0.05) is 24.3 Å². The Bertz CT molecular complexity index is 1130. The molecule has 3 aromatic rings. The number of nitro groups is 1. The van der Waals surface area contributed by atoms with Crippen LogP contribution in [0.4, 0.5) is 11.4 Å². The maximum Gasteiger partial charge on any atom is 0.278 e. The van der Waals surface area contributed by atoms with Crippen molar-refractivity contribution in [3.05, 3.63) is 76.0 Å². The van der Waals surface area contributed by atoms with Crippen molar-refractivity contribution >= 4 is 32.3 Å². The van der Waals surface area contributed by atoms with Crippen LogP contribution in [-0.4, -0.2) is 24.4 Å². The molecule has 0 saturated heterocycles. The van der Waals surface area contributed by atoms with Crippen molar-refractivity contribution < 1.29 is 13.3 Å². The van der Waals surface area contributed by atoms with Crippen molar-refractivity contribution in [1.82, 2.24) is 9.71 Å². The van der Waals surface area contributed by atoms with Gasteiger partial charge in [0.15, 0.2) is 0 Å². The topological polar surface area (TPSA) is 114 Å². The number of nitro benzene ring substituents is 1. The number of sulfonamides is 1. The Labute approximate surface area is 169 Å². The van der Waals surface area contributed by atoms with E-state index in [-0.39, 0.29) is 17.5 Å². The lowest BCUT2D eigenvalue weighted by molar-refractivity contribution is -0.383. The van der Waals surface area contributed by atoms with E-state index in [4.69, 9.17) is 0 Å². The van der Waals surface area contributed by atoms with E-state index in [0.29, 0.717) is 28.7 Å². The highest BCUT2D eigenvalue weighted by molar-refractivity contribution is 7.88. The van der Waals surface area contributed by atoms with Crippen molar-refractivity contribution in [1.29, 1.82) is 0 Å². The molecule has 0 saturated carbocycles. The zero-order valence-electron chi connectivity index (χ0n) is 16.1. The summed E-state index contributed by atoms with van der Waals surface area (Å²) in [6.07, 6.45) is 1.59. The molecule has 0 amide bonds. The minimum atomic E-state index is -3.37.